The van der Waals surface area contributed by atoms with Crippen molar-refractivity contribution in [3.63, 3.8) is 0 Å². The number of ether oxygens (including phenoxy) is 1. The third-order valence-corrected chi connectivity index (χ3v) is 5.69. The summed E-state index contributed by atoms with van der Waals surface area (Å²) in [5, 5.41) is 23.5. The van der Waals surface area contributed by atoms with Gasteiger partial charge in [0.15, 0.2) is 0 Å². The lowest BCUT2D eigenvalue weighted by molar-refractivity contribution is 0.415. The fraction of sp³-hybridized carbons (Fsp3) is 0.0909. The molecule has 3 aromatic rings. The maximum atomic E-state index is 12.7. The molecule has 32 heavy (non-hydrogen) atoms. The minimum Gasteiger partial charge on any atom is -0.497 e. The van der Waals surface area contributed by atoms with Gasteiger partial charge in [-0.2, -0.15) is 15.6 Å². The van der Waals surface area contributed by atoms with Gasteiger partial charge in [0.25, 0.3) is 5.56 Å². The Morgan fingerprint density at radius 1 is 1.12 bits per heavy atom. The molecule has 0 fully saturated rings. The Kier molecular flexibility index (Phi) is 7.13. The minimum atomic E-state index is -0.597. The highest BCUT2D eigenvalue weighted by Gasteiger charge is 2.22. The molecule has 0 aliphatic carbocycles. The van der Waals surface area contributed by atoms with E-state index in [1.807, 2.05) is 42.5 Å². The van der Waals surface area contributed by atoms with Gasteiger partial charge in [-0.1, -0.05) is 48.2 Å². The van der Waals surface area contributed by atoms with Gasteiger partial charge in [-0.3, -0.25) is 4.79 Å². The summed E-state index contributed by atoms with van der Waals surface area (Å²) in [6.45, 7) is 0. The number of pyridine rings is 1. The number of benzene rings is 2. The highest BCUT2D eigenvalue weighted by molar-refractivity contribution is 8.00. The van der Waals surface area contributed by atoms with Crippen LogP contribution >= 0.6 is 11.8 Å². The number of thioether (sulfide) groups is 1. The standard InChI is InChI=1S/C22H19N7O2S/c1-31-14-8-6-13(7-9-14)15-4-2-3-5-16(15)20-17(10-23)21(30)27-22(18(20)11-24)32-12-19(28-25)29-26/h2-9H,12,25-26H2,1H3,(H,27,30)(H,28,29). The fourth-order valence-corrected chi connectivity index (χ4v) is 4.05. The zero-order valence-electron chi connectivity index (χ0n) is 17.0. The molecule has 0 aliphatic rings. The van der Waals surface area contributed by atoms with E-state index in [2.05, 4.69) is 21.6 Å². The molecular weight excluding hydrogens is 426 g/mol. The second-order valence-corrected chi connectivity index (χ2v) is 7.40. The fourth-order valence-electron chi connectivity index (χ4n) is 3.15. The predicted octanol–water partition coefficient (Wildman–Crippen LogP) is 2.29. The lowest BCUT2D eigenvalue weighted by Gasteiger charge is -2.15. The number of nitrogens with one attached hydrogen (secondary N) is 2. The van der Waals surface area contributed by atoms with E-state index >= 15 is 0 Å². The van der Waals surface area contributed by atoms with E-state index in [1.54, 1.807) is 19.2 Å². The number of nitrogens with zero attached hydrogens (tertiary/aromatic N) is 3. The van der Waals surface area contributed by atoms with Crippen LogP contribution in [0.15, 0.2) is 63.5 Å². The molecule has 9 nitrogen and oxygen atoms in total. The normalized spacial score (nSPS) is 10.8. The third-order valence-electron chi connectivity index (χ3n) is 4.68. The quantitative estimate of drug-likeness (QED) is 0.147. The molecule has 2 aromatic carbocycles. The molecule has 0 aliphatic heterocycles. The number of aromatic nitrogens is 1. The topological polar surface area (TPSA) is 166 Å². The van der Waals surface area contributed by atoms with Gasteiger partial charge in [0.2, 0.25) is 0 Å². The molecule has 0 atom stereocenters. The lowest BCUT2D eigenvalue weighted by atomic mass is 9.90. The maximum absolute atomic E-state index is 12.7. The second-order valence-electron chi connectivity index (χ2n) is 6.41. The summed E-state index contributed by atoms with van der Waals surface area (Å²) < 4.78 is 5.22. The molecule has 3 rings (SSSR count). The number of aromatic amines is 1. The monoisotopic (exact) mass is 445 g/mol. The SMILES string of the molecule is COc1ccc(-c2ccccc2-c2c(C#N)c(SCC(=NN)NN)[nH]c(=O)c2C#N)cc1. The first-order valence-corrected chi connectivity index (χ1v) is 10.3. The third kappa shape index (κ3) is 4.42. The summed E-state index contributed by atoms with van der Waals surface area (Å²) in [6.07, 6.45) is 0. The van der Waals surface area contributed by atoms with Crippen LogP contribution in [-0.4, -0.2) is 23.7 Å². The van der Waals surface area contributed by atoms with Gasteiger partial charge in [0.05, 0.1) is 23.5 Å². The Labute approximate surface area is 188 Å². The van der Waals surface area contributed by atoms with Gasteiger partial charge in [-0.25, -0.2) is 5.84 Å². The van der Waals surface area contributed by atoms with Crippen LogP contribution in [0.25, 0.3) is 22.3 Å². The van der Waals surface area contributed by atoms with Crippen molar-refractivity contribution in [1.29, 1.82) is 10.5 Å². The summed E-state index contributed by atoms with van der Waals surface area (Å²) in [5.41, 5.74) is 4.23. The molecule has 160 valence electrons. The van der Waals surface area contributed by atoms with Gasteiger partial charge in [0.1, 0.15) is 29.3 Å². The number of hydrazine groups is 1. The van der Waals surface area contributed by atoms with Crippen LogP contribution in [-0.2, 0) is 0 Å². The van der Waals surface area contributed by atoms with Crippen LogP contribution in [0.1, 0.15) is 11.1 Å². The van der Waals surface area contributed by atoms with Crippen molar-refractivity contribution in [1.82, 2.24) is 10.4 Å². The average molecular weight is 446 g/mol. The molecule has 1 heterocycles. The molecule has 0 radical (unpaired) electrons. The van der Waals surface area contributed by atoms with Crippen LogP contribution in [0.3, 0.4) is 0 Å². The summed E-state index contributed by atoms with van der Waals surface area (Å²) in [6, 6.07) is 18.7. The summed E-state index contributed by atoms with van der Waals surface area (Å²) in [5.74, 6) is 11.8. The van der Waals surface area contributed by atoms with Gasteiger partial charge in [-0.05, 0) is 28.8 Å². The van der Waals surface area contributed by atoms with Crippen molar-refractivity contribution in [2.75, 3.05) is 12.9 Å². The number of nitrogens with two attached hydrogens (primary N) is 2. The summed E-state index contributed by atoms with van der Waals surface area (Å²) in [4.78, 5) is 15.4. The van der Waals surface area contributed by atoms with Crippen LogP contribution in [0, 0.1) is 22.7 Å². The van der Waals surface area contributed by atoms with Crippen molar-refractivity contribution in [2.45, 2.75) is 5.03 Å². The maximum Gasteiger partial charge on any atom is 0.267 e. The molecule has 10 heteroatoms. The van der Waals surface area contributed by atoms with E-state index in [4.69, 9.17) is 16.4 Å². The summed E-state index contributed by atoms with van der Waals surface area (Å²) >= 11 is 1.12. The number of H-pyrrole nitrogens is 1. The Hall–Kier alpha value is -4.25. The van der Waals surface area contributed by atoms with Gasteiger partial charge >= 0.3 is 0 Å². The highest BCUT2D eigenvalue weighted by atomic mass is 32.2. The van der Waals surface area contributed by atoms with E-state index < -0.39 is 5.56 Å². The number of amidine groups is 1. The second kappa shape index (κ2) is 10.2. The van der Waals surface area contributed by atoms with E-state index in [-0.39, 0.29) is 33.3 Å². The number of hydrogen-bond acceptors (Lipinski definition) is 8. The van der Waals surface area contributed by atoms with E-state index in [1.165, 1.54) is 0 Å². The van der Waals surface area contributed by atoms with Crippen molar-refractivity contribution < 1.29 is 4.74 Å². The smallest absolute Gasteiger partial charge is 0.267 e. The number of nitriles is 2. The molecule has 0 unspecified atom stereocenters. The first-order chi connectivity index (χ1) is 15.6. The van der Waals surface area contributed by atoms with Gasteiger partial charge in [-0.15, -0.1) is 0 Å². The Bertz CT molecular complexity index is 1300. The Morgan fingerprint density at radius 2 is 1.78 bits per heavy atom. The van der Waals surface area contributed by atoms with E-state index in [0.717, 1.165) is 22.9 Å². The average Bonchev–Trinajstić information content (AvgIpc) is 2.84. The Balaban J connectivity index is 2.25. The zero-order chi connectivity index (χ0) is 23.1. The van der Waals surface area contributed by atoms with Crippen molar-refractivity contribution in [3.8, 4) is 40.1 Å². The van der Waals surface area contributed by atoms with Crippen molar-refractivity contribution in [2.24, 2.45) is 16.8 Å². The first-order valence-electron chi connectivity index (χ1n) is 9.28. The Morgan fingerprint density at radius 3 is 2.34 bits per heavy atom. The number of hydrazone groups is 1. The van der Waals surface area contributed by atoms with Crippen molar-refractivity contribution >= 4 is 17.6 Å². The summed E-state index contributed by atoms with van der Waals surface area (Å²) in [7, 11) is 1.58. The molecule has 6 N–H and O–H groups in total. The van der Waals surface area contributed by atoms with Crippen LogP contribution in [0.2, 0.25) is 0 Å². The molecular formula is C22H19N7O2S. The van der Waals surface area contributed by atoms with Gasteiger partial charge < -0.3 is 21.0 Å². The predicted molar refractivity (Wildman–Crippen MR) is 124 cm³/mol. The molecule has 0 amide bonds. The first kappa shape index (κ1) is 22.4. The molecule has 0 bridgehead atoms. The number of methoxy groups -OCH3 is 1. The number of rotatable bonds is 6. The lowest BCUT2D eigenvalue weighted by Crippen LogP contribution is -2.33. The molecule has 1 aromatic heterocycles. The number of hydrogen-bond donors (Lipinski definition) is 4. The highest BCUT2D eigenvalue weighted by Crippen LogP contribution is 2.37. The van der Waals surface area contributed by atoms with Crippen LogP contribution in [0.5, 0.6) is 5.75 Å². The van der Waals surface area contributed by atoms with Gasteiger partial charge in [0, 0.05) is 5.56 Å². The molecule has 0 saturated carbocycles. The zero-order valence-corrected chi connectivity index (χ0v) is 17.9. The van der Waals surface area contributed by atoms with Crippen LogP contribution < -0.4 is 27.4 Å². The van der Waals surface area contributed by atoms with Crippen molar-refractivity contribution in [3.05, 3.63) is 70.0 Å². The minimum absolute atomic E-state index is 0.142. The van der Waals surface area contributed by atoms with E-state index in [9.17, 15) is 15.3 Å². The molecule has 0 saturated heterocycles. The van der Waals surface area contributed by atoms with Crippen LogP contribution in [0.4, 0.5) is 0 Å². The van der Waals surface area contributed by atoms with E-state index in [0.29, 0.717) is 11.3 Å². The largest absolute Gasteiger partial charge is 0.497 e. The molecule has 0 spiro atoms.